The molecule has 7 nitrogen and oxygen atoms in total. The van der Waals surface area contributed by atoms with E-state index < -0.39 is 0 Å². The molecule has 2 aromatic carbocycles. The Morgan fingerprint density at radius 2 is 1.90 bits per heavy atom. The summed E-state index contributed by atoms with van der Waals surface area (Å²) < 4.78 is 12.0. The zero-order chi connectivity index (χ0) is 20.4. The molecular weight excluding hydrogens is 392 g/mol. The number of aromatic nitrogens is 3. The highest BCUT2D eigenvalue weighted by atomic mass is 35.5. The summed E-state index contributed by atoms with van der Waals surface area (Å²) in [5.41, 5.74) is 2.32. The lowest BCUT2D eigenvalue weighted by Crippen LogP contribution is -2.42. The minimum Gasteiger partial charge on any atom is -0.497 e. The van der Waals surface area contributed by atoms with Crippen molar-refractivity contribution in [3.63, 3.8) is 0 Å². The van der Waals surface area contributed by atoms with Gasteiger partial charge in [-0.1, -0.05) is 16.8 Å². The van der Waals surface area contributed by atoms with Gasteiger partial charge >= 0.3 is 0 Å². The van der Waals surface area contributed by atoms with Crippen LogP contribution in [0.4, 0.5) is 5.69 Å². The van der Waals surface area contributed by atoms with Gasteiger partial charge in [-0.2, -0.15) is 0 Å². The van der Waals surface area contributed by atoms with Gasteiger partial charge in [0.2, 0.25) is 0 Å². The second-order valence-corrected chi connectivity index (χ2v) is 7.19. The first-order chi connectivity index (χ1) is 14.1. The van der Waals surface area contributed by atoms with Crippen molar-refractivity contribution in [2.24, 2.45) is 0 Å². The van der Waals surface area contributed by atoms with Gasteiger partial charge < -0.3 is 14.4 Å². The molecule has 1 aromatic heterocycles. The number of ether oxygens (including phenoxy) is 2. The summed E-state index contributed by atoms with van der Waals surface area (Å²) in [6.45, 7) is 0.678. The van der Waals surface area contributed by atoms with Gasteiger partial charge in [0.25, 0.3) is 5.91 Å². The molecule has 1 amide bonds. The van der Waals surface area contributed by atoms with E-state index in [0.717, 1.165) is 29.8 Å². The molecule has 0 saturated carbocycles. The smallest absolute Gasteiger partial charge is 0.251 e. The Morgan fingerprint density at radius 1 is 1.10 bits per heavy atom. The Labute approximate surface area is 173 Å². The summed E-state index contributed by atoms with van der Waals surface area (Å²) in [5, 5.41) is 8.96. The lowest BCUT2D eigenvalue weighted by Gasteiger charge is -2.32. The van der Waals surface area contributed by atoms with Gasteiger partial charge in [0.15, 0.2) is 0 Å². The van der Waals surface area contributed by atoms with E-state index in [1.165, 1.54) is 0 Å². The molecule has 0 N–H and O–H groups in total. The third kappa shape index (κ3) is 3.78. The van der Waals surface area contributed by atoms with E-state index in [1.807, 2.05) is 30.3 Å². The predicted molar refractivity (Wildman–Crippen MR) is 111 cm³/mol. The summed E-state index contributed by atoms with van der Waals surface area (Å²) in [5.74, 6) is 1.36. The average molecular weight is 413 g/mol. The second-order valence-electron chi connectivity index (χ2n) is 6.78. The zero-order valence-electron chi connectivity index (χ0n) is 16.2. The number of benzene rings is 2. The maximum Gasteiger partial charge on any atom is 0.251 e. The van der Waals surface area contributed by atoms with Crippen LogP contribution in [-0.4, -0.2) is 41.7 Å². The number of hydrogen-bond acceptors (Lipinski definition) is 5. The predicted octanol–water partition coefficient (Wildman–Crippen LogP) is 3.98. The third-order valence-electron chi connectivity index (χ3n) is 5.07. The van der Waals surface area contributed by atoms with Crippen LogP contribution in [0, 0.1) is 0 Å². The molecule has 29 heavy (non-hydrogen) atoms. The highest BCUT2D eigenvalue weighted by Crippen LogP contribution is 2.31. The van der Waals surface area contributed by atoms with Crippen LogP contribution in [-0.2, 0) is 4.79 Å². The normalized spacial score (nSPS) is 16.7. The summed E-state index contributed by atoms with van der Waals surface area (Å²) >= 11 is 6.22. The van der Waals surface area contributed by atoms with E-state index in [2.05, 4.69) is 10.3 Å². The Bertz CT molecular complexity index is 1020. The fourth-order valence-electron chi connectivity index (χ4n) is 3.51. The largest absolute Gasteiger partial charge is 0.497 e. The summed E-state index contributed by atoms with van der Waals surface area (Å²) in [6.07, 6.45) is 3.39. The minimum absolute atomic E-state index is 0.00521. The minimum atomic E-state index is -0.388. The van der Waals surface area contributed by atoms with Crippen LogP contribution in [0.2, 0.25) is 5.02 Å². The fraction of sp³-hybridized carbons (Fsp3) is 0.286. The topological polar surface area (TPSA) is 69.5 Å². The molecular formula is C21H21ClN4O3. The summed E-state index contributed by atoms with van der Waals surface area (Å²) in [7, 11) is 3.19. The molecule has 3 aromatic rings. The number of piperidine rings is 1. The van der Waals surface area contributed by atoms with Crippen LogP contribution < -0.4 is 14.4 Å². The Kier molecular flexibility index (Phi) is 5.40. The molecule has 0 bridgehead atoms. The number of carbonyl (C=O) groups is 1. The van der Waals surface area contributed by atoms with Crippen molar-refractivity contribution in [3.8, 4) is 22.8 Å². The molecule has 150 valence electrons. The van der Waals surface area contributed by atoms with Crippen molar-refractivity contribution in [2.45, 2.75) is 18.9 Å². The standard InChI is InChI=1S/C21H21ClN4O3/c1-28-16-8-6-15(7-9-16)25-11-3-4-19(21(25)27)26-13-18(23-24-26)14-5-10-20(29-2)17(22)12-14/h5-10,12-13,19H,3-4,11H2,1-2H3. The van der Waals surface area contributed by atoms with E-state index >= 15 is 0 Å². The van der Waals surface area contributed by atoms with Crippen LogP contribution in [0.3, 0.4) is 0 Å². The molecule has 1 unspecified atom stereocenters. The van der Waals surface area contributed by atoms with E-state index in [9.17, 15) is 4.79 Å². The maximum atomic E-state index is 13.1. The number of carbonyl (C=O) groups excluding carboxylic acids is 1. The zero-order valence-corrected chi connectivity index (χ0v) is 17.0. The average Bonchev–Trinajstić information content (AvgIpc) is 3.24. The molecule has 1 atom stereocenters. The van der Waals surface area contributed by atoms with Gasteiger partial charge in [-0.25, -0.2) is 4.68 Å². The number of halogens is 1. The molecule has 4 rings (SSSR count). The molecule has 2 heterocycles. The first-order valence-corrected chi connectivity index (χ1v) is 9.69. The van der Waals surface area contributed by atoms with Crippen LogP contribution in [0.1, 0.15) is 18.9 Å². The molecule has 0 radical (unpaired) electrons. The van der Waals surface area contributed by atoms with Crippen molar-refractivity contribution in [1.29, 1.82) is 0 Å². The van der Waals surface area contributed by atoms with E-state index in [4.69, 9.17) is 21.1 Å². The summed E-state index contributed by atoms with van der Waals surface area (Å²) in [4.78, 5) is 14.9. The van der Waals surface area contributed by atoms with Crippen LogP contribution in [0.5, 0.6) is 11.5 Å². The van der Waals surface area contributed by atoms with Crippen LogP contribution in [0.15, 0.2) is 48.7 Å². The lowest BCUT2D eigenvalue weighted by molar-refractivity contribution is -0.123. The monoisotopic (exact) mass is 412 g/mol. The van der Waals surface area contributed by atoms with E-state index in [0.29, 0.717) is 23.0 Å². The van der Waals surface area contributed by atoms with E-state index in [-0.39, 0.29) is 11.9 Å². The van der Waals surface area contributed by atoms with Crippen molar-refractivity contribution < 1.29 is 14.3 Å². The molecule has 1 saturated heterocycles. The second kappa shape index (κ2) is 8.13. The lowest BCUT2D eigenvalue weighted by atomic mass is 10.0. The van der Waals surface area contributed by atoms with Gasteiger partial charge in [0, 0.05) is 17.8 Å². The first kappa shape index (κ1) is 19.3. The van der Waals surface area contributed by atoms with Gasteiger partial charge in [0.05, 0.1) is 25.4 Å². The van der Waals surface area contributed by atoms with E-state index in [1.54, 1.807) is 42.1 Å². The van der Waals surface area contributed by atoms with Gasteiger partial charge in [0.1, 0.15) is 23.2 Å². The number of hydrogen-bond donors (Lipinski definition) is 0. The highest BCUT2D eigenvalue weighted by molar-refractivity contribution is 6.32. The molecule has 1 aliphatic rings. The quantitative estimate of drug-likeness (QED) is 0.633. The fourth-order valence-corrected chi connectivity index (χ4v) is 3.76. The SMILES string of the molecule is COc1ccc(N2CCCC(n3cc(-c4ccc(OC)c(Cl)c4)nn3)C2=O)cc1. The molecule has 0 spiro atoms. The van der Waals surface area contributed by atoms with Gasteiger partial charge in [-0.05, 0) is 55.3 Å². The van der Waals surface area contributed by atoms with Gasteiger partial charge in [-0.3, -0.25) is 4.79 Å². The molecule has 0 aliphatic carbocycles. The number of anilines is 1. The maximum absolute atomic E-state index is 13.1. The highest BCUT2D eigenvalue weighted by Gasteiger charge is 2.32. The van der Waals surface area contributed by atoms with Crippen LogP contribution >= 0.6 is 11.6 Å². The van der Waals surface area contributed by atoms with Crippen molar-refractivity contribution in [3.05, 3.63) is 53.7 Å². The molecule has 1 aliphatic heterocycles. The van der Waals surface area contributed by atoms with Crippen LogP contribution in [0.25, 0.3) is 11.3 Å². The number of methoxy groups -OCH3 is 2. The van der Waals surface area contributed by atoms with Crippen molar-refractivity contribution in [1.82, 2.24) is 15.0 Å². The molecule has 8 heteroatoms. The first-order valence-electron chi connectivity index (χ1n) is 9.32. The molecule has 1 fully saturated rings. The van der Waals surface area contributed by atoms with Crippen molar-refractivity contribution in [2.75, 3.05) is 25.7 Å². The Hall–Kier alpha value is -3.06. The Balaban J connectivity index is 1.56. The Morgan fingerprint density at radius 3 is 2.59 bits per heavy atom. The van der Waals surface area contributed by atoms with Crippen molar-refractivity contribution >= 4 is 23.2 Å². The third-order valence-corrected chi connectivity index (χ3v) is 5.37. The number of nitrogens with zero attached hydrogens (tertiary/aromatic N) is 4. The summed E-state index contributed by atoms with van der Waals surface area (Å²) in [6, 6.07) is 12.5. The van der Waals surface area contributed by atoms with Gasteiger partial charge in [-0.15, -0.1) is 5.10 Å². The number of rotatable bonds is 5. The number of amides is 1.